The van der Waals surface area contributed by atoms with Crippen LogP contribution in [-0.4, -0.2) is 44.8 Å². The van der Waals surface area contributed by atoms with Crippen LogP contribution in [0.3, 0.4) is 0 Å². The van der Waals surface area contributed by atoms with Crippen molar-refractivity contribution >= 4 is 0 Å². The molecule has 2 heterocycles. The highest BCUT2D eigenvalue weighted by Gasteiger charge is 2.35. The van der Waals surface area contributed by atoms with Crippen LogP contribution in [0, 0.1) is 12.8 Å². The quantitative estimate of drug-likeness (QED) is 0.768. The van der Waals surface area contributed by atoms with Crippen molar-refractivity contribution < 1.29 is 19.3 Å². The summed E-state index contributed by atoms with van der Waals surface area (Å²) < 4.78 is 20.3. The maximum atomic E-state index is 12.7. The summed E-state index contributed by atoms with van der Waals surface area (Å²) >= 11 is 0. The molecule has 0 aliphatic carbocycles. The Morgan fingerprint density at radius 1 is 1.50 bits per heavy atom. The van der Waals surface area contributed by atoms with Crippen LogP contribution < -0.4 is 11.2 Å². The van der Waals surface area contributed by atoms with E-state index in [1.54, 1.807) is 13.8 Å². The molecule has 1 aliphatic rings. The highest BCUT2D eigenvalue weighted by molar-refractivity contribution is 5.04. The van der Waals surface area contributed by atoms with Crippen LogP contribution >= 0.6 is 0 Å². The lowest BCUT2D eigenvalue weighted by molar-refractivity contribution is -0.0464. The molecule has 1 unspecified atom stereocenters. The van der Waals surface area contributed by atoms with Crippen LogP contribution in [0.1, 0.15) is 25.1 Å². The first-order chi connectivity index (χ1) is 10.4. The fourth-order valence-electron chi connectivity index (χ4n) is 2.54. The minimum atomic E-state index is -0.882. The standard InChI is InChI=1S/C14H21FN2O5/c1-8(4-15)5-17-13(20)9(2)6-16(14(17)21)12-3-10(19)11(7-18)22-12/h6,8,10-12,18-19H,3-5,7H2,1-2H3/t8?,10-,11-,12-/m1/s1. The van der Waals surface area contributed by atoms with Crippen molar-refractivity contribution in [1.29, 1.82) is 0 Å². The van der Waals surface area contributed by atoms with E-state index in [0.29, 0.717) is 5.56 Å². The normalized spacial score (nSPS) is 26.3. The molecule has 4 atom stereocenters. The van der Waals surface area contributed by atoms with Crippen molar-refractivity contribution in [2.75, 3.05) is 13.3 Å². The SMILES string of the molecule is Cc1cn([C@H]2C[C@@H](O)[C@@H](CO)O2)c(=O)n(CC(C)CF)c1=O. The largest absolute Gasteiger partial charge is 0.394 e. The van der Waals surface area contributed by atoms with E-state index in [1.165, 1.54) is 10.8 Å². The summed E-state index contributed by atoms with van der Waals surface area (Å²) in [6.07, 6.45) is -0.888. The van der Waals surface area contributed by atoms with Crippen molar-refractivity contribution in [3.8, 4) is 0 Å². The maximum absolute atomic E-state index is 12.7. The third kappa shape index (κ3) is 3.13. The van der Waals surface area contributed by atoms with Crippen LogP contribution in [0.5, 0.6) is 0 Å². The summed E-state index contributed by atoms with van der Waals surface area (Å²) in [7, 11) is 0. The molecule has 1 aromatic heterocycles. The Kier molecular flexibility index (Phi) is 5.15. The first-order valence-electron chi connectivity index (χ1n) is 7.22. The zero-order valence-corrected chi connectivity index (χ0v) is 12.6. The van der Waals surface area contributed by atoms with Gasteiger partial charge in [0.25, 0.3) is 5.56 Å². The van der Waals surface area contributed by atoms with Crippen LogP contribution in [0.25, 0.3) is 0 Å². The van der Waals surface area contributed by atoms with Gasteiger partial charge in [0.05, 0.1) is 19.4 Å². The smallest absolute Gasteiger partial charge is 0.333 e. The van der Waals surface area contributed by atoms with Crippen molar-refractivity contribution in [3.63, 3.8) is 0 Å². The molecule has 1 saturated heterocycles. The summed E-state index contributed by atoms with van der Waals surface area (Å²) in [5, 5.41) is 18.9. The number of ether oxygens (including phenoxy) is 1. The molecule has 8 heteroatoms. The average Bonchev–Trinajstić information content (AvgIpc) is 2.87. The Morgan fingerprint density at radius 3 is 2.73 bits per heavy atom. The molecule has 2 N–H and O–H groups in total. The number of aliphatic hydroxyl groups is 2. The monoisotopic (exact) mass is 316 g/mol. The second-order valence-corrected chi connectivity index (χ2v) is 5.79. The summed E-state index contributed by atoms with van der Waals surface area (Å²) in [5.41, 5.74) is -0.735. The molecular weight excluding hydrogens is 295 g/mol. The van der Waals surface area contributed by atoms with E-state index in [9.17, 15) is 19.1 Å². The van der Waals surface area contributed by atoms with E-state index in [-0.39, 0.29) is 19.6 Å². The second-order valence-electron chi connectivity index (χ2n) is 5.79. The molecule has 0 aromatic carbocycles. The molecule has 0 saturated carbocycles. The molecule has 2 rings (SSSR count). The fourth-order valence-corrected chi connectivity index (χ4v) is 2.54. The summed E-state index contributed by atoms with van der Waals surface area (Å²) in [6, 6.07) is 0. The van der Waals surface area contributed by atoms with E-state index in [4.69, 9.17) is 9.84 Å². The molecule has 124 valence electrons. The van der Waals surface area contributed by atoms with E-state index in [1.807, 2.05) is 0 Å². The van der Waals surface area contributed by atoms with Crippen molar-refractivity contribution in [1.82, 2.24) is 9.13 Å². The van der Waals surface area contributed by atoms with Gasteiger partial charge in [-0.2, -0.15) is 0 Å². The number of hydrogen-bond donors (Lipinski definition) is 2. The zero-order chi connectivity index (χ0) is 16.4. The van der Waals surface area contributed by atoms with Crippen LogP contribution in [0.2, 0.25) is 0 Å². The van der Waals surface area contributed by atoms with Gasteiger partial charge < -0.3 is 14.9 Å². The number of alkyl halides is 1. The average molecular weight is 316 g/mol. The van der Waals surface area contributed by atoms with Gasteiger partial charge in [-0.3, -0.25) is 18.3 Å². The van der Waals surface area contributed by atoms with Crippen molar-refractivity contribution in [2.45, 2.75) is 45.2 Å². The van der Waals surface area contributed by atoms with E-state index >= 15 is 0 Å². The zero-order valence-electron chi connectivity index (χ0n) is 12.6. The molecule has 1 fully saturated rings. The molecule has 22 heavy (non-hydrogen) atoms. The second kappa shape index (κ2) is 6.72. The number of hydrogen-bond acceptors (Lipinski definition) is 5. The number of aliphatic hydroxyl groups excluding tert-OH is 2. The minimum Gasteiger partial charge on any atom is -0.394 e. The molecule has 0 amide bonds. The van der Waals surface area contributed by atoms with Crippen LogP contribution in [0.15, 0.2) is 15.8 Å². The molecule has 1 aliphatic heterocycles. The predicted molar refractivity (Wildman–Crippen MR) is 76.5 cm³/mol. The van der Waals surface area contributed by atoms with Gasteiger partial charge in [-0.15, -0.1) is 0 Å². The summed E-state index contributed by atoms with van der Waals surface area (Å²) in [4.78, 5) is 24.6. The van der Waals surface area contributed by atoms with Gasteiger partial charge in [0.2, 0.25) is 0 Å². The lowest BCUT2D eigenvalue weighted by Gasteiger charge is -2.18. The van der Waals surface area contributed by atoms with Gasteiger partial charge in [-0.1, -0.05) is 6.92 Å². The lowest BCUT2D eigenvalue weighted by atomic mass is 10.2. The minimum absolute atomic E-state index is 0.0193. The van der Waals surface area contributed by atoms with Gasteiger partial charge in [0.15, 0.2) is 0 Å². The Morgan fingerprint density at radius 2 is 2.18 bits per heavy atom. The third-order valence-electron chi connectivity index (χ3n) is 3.82. The summed E-state index contributed by atoms with van der Waals surface area (Å²) in [5.74, 6) is -0.457. The molecular formula is C14H21FN2O5. The number of halogens is 1. The topological polar surface area (TPSA) is 93.7 Å². The number of aryl methyl sites for hydroxylation is 1. The third-order valence-corrected chi connectivity index (χ3v) is 3.82. The fraction of sp³-hybridized carbons (Fsp3) is 0.714. The van der Waals surface area contributed by atoms with E-state index in [2.05, 4.69) is 0 Å². The van der Waals surface area contributed by atoms with Crippen LogP contribution in [-0.2, 0) is 11.3 Å². The van der Waals surface area contributed by atoms with E-state index in [0.717, 1.165) is 4.57 Å². The van der Waals surface area contributed by atoms with Gasteiger partial charge in [-0.25, -0.2) is 4.79 Å². The van der Waals surface area contributed by atoms with Gasteiger partial charge in [-0.05, 0) is 6.92 Å². The Labute approximate surface area is 126 Å². The lowest BCUT2D eigenvalue weighted by Crippen LogP contribution is -2.43. The van der Waals surface area contributed by atoms with Crippen LogP contribution in [0.4, 0.5) is 4.39 Å². The first-order valence-corrected chi connectivity index (χ1v) is 7.22. The van der Waals surface area contributed by atoms with Crippen molar-refractivity contribution in [2.24, 2.45) is 5.92 Å². The Hall–Kier alpha value is -1.51. The molecule has 0 radical (unpaired) electrons. The van der Waals surface area contributed by atoms with Crippen molar-refractivity contribution in [3.05, 3.63) is 32.6 Å². The van der Waals surface area contributed by atoms with E-state index < -0.39 is 42.3 Å². The van der Waals surface area contributed by atoms with Gasteiger partial charge in [0, 0.05) is 30.6 Å². The highest BCUT2D eigenvalue weighted by Crippen LogP contribution is 2.27. The van der Waals surface area contributed by atoms with Gasteiger partial charge >= 0.3 is 5.69 Å². The molecule has 0 spiro atoms. The highest BCUT2D eigenvalue weighted by atomic mass is 19.1. The number of nitrogens with zero attached hydrogens (tertiary/aromatic N) is 2. The van der Waals surface area contributed by atoms with Gasteiger partial charge in [0.1, 0.15) is 12.3 Å². The Bertz CT molecular complexity index is 641. The number of rotatable bonds is 5. The predicted octanol–water partition coefficient (Wildman–Crippen LogP) is -0.435. The Balaban J connectivity index is 2.42. The number of aromatic nitrogens is 2. The maximum Gasteiger partial charge on any atom is 0.333 e. The first kappa shape index (κ1) is 16.9. The molecule has 7 nitrogen and oxygen atoms in total. The molecule has 1 aromatic rings. The summed E-state index contributed by atoms with van der Waals surface area (Å²) in [6.45, 7) is 2.16. The molecule has 0 bridgehead atoms.